The van der Waals surface area contributed by atoms with Gasteiger partial charge in [-0.3, -0.25) is 4.79 Å². The van der Waals surface area contributed by atoms with Crippen LogP contribution >= 0.6 is 11.6 Å². The molecule has 0 amide bonds. The first-order valence-electron chi connectivity index (χ1n) is 10.2. The number of nitrogens with zero attached hydrogens (tertiary/aromatic N) is 1. The first-order chi connectivity index (χ1) is 14.0. The van der Waals surface area contributed by atoms with E-state index in [-0.39, 0.29) is 18.5 Å². The lowest BCUT2D eigenvalue weighted by Crippen LogP contribution is -2.45. The Morgan fingerprint density at radius 1 is 1.14 bits per heavy atom. The Morgan fingerprint density at radius 3 is 2.62 bits per heavy atom. The monoisotopic (exact) mass is 413 g/mol. The van der Waals surface area contributed by atoms with Gasteiger partial charge in [-0.05, 0) is 49.4 Å². The highest BCUT2D eigenvalue weighted by Crippen LogP contribution is 2.40. The van der Waals surface area contributed by atoms with Crippen molar-refractivity contribution in [1.82, 2.24) is 4.90 Å². The summed E-state index contributed by atoms with van der Waals surface area (Å²) in [5.74, 6) is 1.58. The Hall–Kier alpha value is -2.08. The van der Waals surface area contributed by atoms with E-state index in [9.17, 15) is 9.90 Å². The van der Waals surface area contributed by atoms with Crippen LogP contribution in [0, 0.1) is 5.92 Å². The zero-order valence-electron chi connectivity index (χ0n) is 16.2. The predicted molar refractivity (Wildman–Crippen MR) is 110 cm³/mol. The number of hydrogen-bond acceptors (Lipinski definition) is 5. The largest absolute Gasteiger partial charge is 0.454 e. The molecule has 0 radical (unpaired) electrons. The van der Waals surface area contributed by atoms with Gasteiger partial charge in [0.15, 0.2) is 17.3 Å². The van der Waals surface area contributed by atoms with Crippen molar-refractivity contribution in [1.29, 1.82) is 0 Å². The summed E-state index contributed by atoms with van der Waals surface area (Å²) in [5, 5.41) is 11.7. The lowest BCUT2D eigenvalue weighted by Gasteiger charge is -2.40. The van der Waals surface area contributed by atoms with Crippen molar-refractivity contribution in [2.24, 2.45) is 5.92 Å². The van der Waals surface area contributed by atoms with Gasteiger partial charge >= 0.3 is 0 Å². The van der Waals surface area contributed by atoms with Crippen molar-refractivity contribution in [2.45, 2.75) is 31.3 Å². The van der Waals surface area contributed by atoms with E-state index in [1.807, 2.05) is 36.4 Å². The Morgan fingerprint density at radius 2 is 1.86 bits per heavy atom. The highest BCUT2D eigenvalue weighted by Gasteiger charge is 2.37. The molecule has 1 unspecified atom stereocenters. The number of rotatable bonds is 3. The fourth-order valence-corrected chi connectivity index (χ4v) is 5.11. The summed E-state index contributed by atoms with van der Waals surface area (Å²) in [6, 6.07) is 11.3. The predicted octanol–water partition coefficient (Wildman–Crippen LogP) is 3.80. The number of carbonyl (C=O) groups excluding carboxylic acids is 1. The molecule has 2 heterocycles. The van der Waals surface area contributed by atoms with Crippen molar-refractivity contribution in [2.75, 3.05) is 26.4 Å². The molecule has 5 nitrogen and oxygen atoms in total. The third-order valence-corrected chi connectivity index (χ3v) is 6.86. The minimum Gasteiger partial charge on any atom is -0.454 e. The molecule has 0 saturated carbocycles. The number of fused-ring (bicyclic) bond motifs is 2. The topological polar surface area (TPSA) is 59.0 Å². The van der Waals surface area contributed by atoms with Crippen molar-refractivity contribution in [3.8, 4) is 11.5 Å². The van der Waals surface area contributed by atoms with Gasteiger partial charge in [-0.1, -0.05) is 29.8 Å². The van der Waals surface area contributed by atoms with Crippen LogP contribution in [0.3, 0.4) is 0 Å². The van der Waals surface area contributed by atoms with Crippen LogP contribution in [0.25, 0.3) is 0 Å². The smallest absolute Gasteiger partial charge is 0.231 e. The van der Waals surface area contributed by atoms with E-state index in [0.29, 0.717) is 23.6 Å². The Labute approximate surface area is 175 Å². The lowest BCUT2D eigenvalue weighted by molar-refractivity contribution is -0.0282. The second-order valence-electron chi connectivity index (χ2n) is 8.27. The van der Waals surface area contributed by atoms with Crippen molar-refractivity contribution in [3.63, 3.8) is 0 Å². The van der Waals surface area contributed by atoms with Gasteiger partial charge < -0.3 is 19.5 Å². The van der Waals surface area contributed by atoms with Crippen LogP contribution in [0.5, 0.6) is 11.5 Å². The summed E-state index contributed by atoms with van der Waals surface area (Å²) in [4.78, 5) is 15.4. The van der Waals surface area contributed by atoms with Crippen LogP contribution < -0.4 is 9.47 Å². The number of Topliss-reactive ketones (excluding diaryl/α,β-unsaturated/α-hetero) is 1. The van der Waals surface area contributed by atoms with Gasteiger partial charge in [0.25, 0.3) is 0 Å². The van der Waals surface area contributed by atoms with E-state index < -0.39 is 5.60 Å². The lowest BCUT2D eigenvalue weighted by atomic mass is 9.80. The minimum absolute atomic E-state index is 0.0191. The molecule has 152 valence electrons. The van der Waals surface area contributed by atoms with Gasteiger partial charge in [0, 0.05) is 41.7 Å². The molecule has 1 fully saturated rings. The number of carbonyl (C=O) groups is 1. The van der Waals surface area contributed by atoms with Crippen LogP contribution in [-0.4, -0.2) is 42.2 Å². The summed E-state index contributed by atoms with van der Waals surface area (Å²) < 4.78 is 10.9. The van der Waals surface area contributed by atoms with Crippen LogP contribution in [0.1, 0.15) is 40.7 Å². The number of likely N-dealkylation sites (tertiary alicyclic amines) is 1. The first-order valence-corrected chi connectivity index (χ1v) is 10.6. The Balaban J connectivity index is 1.26. The molecule has 1 saturated heterocycles. The maximum atomic E-state index is 13.1. The number of ketones is 1. The number of piperidine rings is 1. The fraction of sp³-hybridized carbons (Fsp3) is 0.435. The first kappa shape index (κ1) is 18.9. The maximum Gasteiger partial charge on any atom is 0.231 e. The standard InChI is InChI=1S/C23H24ClNO4/c24-19-4-2-1-3-18(19)23(27)7-9-25(10-8-23)13-16-6-5-15-11-20-21(29-14-28-20)12-17(15)22(16)26/h1-4,11-12,16,27H,5-10,13-14H2. The SMILES string of the molecule is O=C1c2cc3c(cc2CCC1CN1CCC(O)(c2ccccc2Cl)CC1)OCO3. The number of aryl methyl sites for hydroxylation is 1. The number of aliphatic hydroxyl groups is 1. The highest BCUT2D eigenvalue weighted by molar-refractivity contribution is 6.31. The Bertz CT molecular complexity index is 952. The van der Waals surface area contributed by atoms with Gasteiger partial charge in [0.05, 0.1) is 5.60 Å². The molecule has 1 aliphatic carbocycles. The second-order valence-corrected chi connectivity index (χ2v) is 8.68. The molecule has 1 atom stereocenters. The van der Waals surface area contributed by atoms with Gasteiger partial charge in [0.2, 0.25) is 6.79 Å². The van der Waals surface area contributed by atoms with E-state index in [1.54, 1.807) is 0 Å². The third kappa shape index (κ3) is 3.41. The van der Waals surface area contributed by atoms with E-state index >= 15 is 0 Å². The third-order valence-electron chi connectivity index (χ3n) is 6.53. The van der Waals surface area contributed by atoms with Gasteiger partial charge in [-0.2, -0.15) is 0 Å². The van der Waals surface area contributed by atoms with Crippen LogP contribution in [-0.2, 0) is 12.0 Å². The van der Waals surface area contributed by atoms with Crippen LogP contribution in [0.4, 0.5) is 0 Å². The average molecular weight is 414 g/mol. The van der Waals surface area contributed by atoms with Crippen LogP contribution in [0.15, 0.2) is 36.4 Å². The molecule has 1 N–H and O–H groups in total. The van der Waals surface area contributed by atoms with Crippen molar-refractivity contribution >= 4 is 17.4 Å². The number of ether oxygens (including phenoxy) is 2. The van der Waals surface area contributed by atoms with Crippen molar-refractivity contribution < 1.29 is 19.4 Å². The molecule has 5 rings (SSSR count). The summed E-state index contributed by atoms with van der Waals surface area (Å²) in [7, 11) is 0. The summed E-state index contributed by atoms with van der Waals surface area (Å²) in [6.45, 7) is 2.45. The van der Waals surface area contributed by atoms with E-state index in [2.05, 4.69) is 4.90 Å². The zero-order chi connectivity index (χ0) is 20.0. The summed E-state index contributed by atoms with van der Waals surface area (Å²) in [5.41, 5.74) is 1.74. The molecule has 2 aromatic carbocycles. The van der Waals surface area contributed by atoms with E-state index in [1.165, 1.54) is 0 Å². The average Bonchev–Trinajstić information content (AvgIpc) is 3.18. The molecule has 2 aliphatic heterocycles. The highest BCUT2D eigenvalue weighted by atomic mass is 35.5. The molecule has 0 bridgehead atoms. The van der Waals surface area contributed by atoms with Gasteiger partial charge in [-0.15, -0.1) is 0 Å². The molecule has 29 heavy (non-hydrogen) atoms. The normalized spacial score (nSPS) is 23.1. The maximum absolute atomic E-state index is 13.1. The van der Waals surface area contributed by atoms with Gasteiger partial charge in [0.1, 0.15) is 0 Å². The zero-order valence-corrected chi connectivity index (χ0v) is 17.0. The quantitative estimate of drug-likeness (QED) is 0.829. The van der Waals surface area contributed by atoms with Crippen molar-refractivity contribution in [3.05, 3.63) is 58.1 Å². The molecule has 0 aromatic heterocycles. The van der Waals surface area contributed by atoms with Gasteiger partial charge in [-0.25, -0.2) is 0 Å². The number of benzene rings is 2. The van der Waals surface area contributed by atoms with Crippen LogP contribution in [0.2, 0.25) is 5.02 Å². The summed E-state index contributed by atoms with van der Waals surface area (Å²) in [6.07, 6.45) is 2.95. The Kier molecular flexibility index (Phi) is 4.77. The number of hydrogen-bond donors (Lipinski definition) is 1. The minimum atomic E-state index is -0.893. The molecular formula is C23H24ClNO4. The van der Waals surface area contributed by atoms with E-state index in [4.69, 9.17) is 21.1 Å². The summed E-state index contributed by atoms with van der Waals surface area (Å²) >= 11 is 6.31. The molecule has 6 heteroatoms. The molecule has 2 aromatic rings. The molecule has 0 spiro atoms. The number of halogens is 1. The van der Waals surface area contributed by atoms with E-state index in [0.717, 1.165) is 54.9 Å². The molecular weight excluding hydrogens is 390 g/mol. The fourth-order valence-electron chi connectivity index (χ4n) is 4.80. The second kappa shape index (κ2) is 7.31. The molecule has 3 aliphatic rings.